The second-order valence-electron chi connectivity index (χ2n) is 9.48. The van der Waals surface area contributed by atoms with E-state index in [1.165, 1.54) is 6.08 Å². The van der Waals surface area contributed by atoms with Crippen LogP contribution in [0.3, 0.4) is 0 Å². The maximum atomic E-state index is 13.0. The van der Waals surface area contributed by atoms with Crippen LogP contribution < -0.4 is 10.6 Å². The van der Waals surface area contributed by atoms with E-state index < -0.39 is 12.1 Å². The Kier molecular flexibility index (Phi) is 6.20. The Balaban J connectivity index is 1.45. The monoisotopic (exact) mass is 493 g/mol. The fraction of sp³-hybridized carbons (Fsp3) is 0.286. The van der Waals surface area contributed by atoms with Crippen LogP contribution >= 0.6 is 0 Å². The second-order valence-corrected chi connectivity index (χ2v) is 9.48. The molecule has 6 unspecified atom stereocenters. The molecule has 36 heavy (non-hydrogen) atoms. The summed E-state index contributed by atoms with van der Waals surface area (Å²) in [5.41, 5.74) is 1.42. The summed E-state index contributed by atoms with van der Waals surface area (Å²) in [5.74, 6) is -1.96. The fourth-order valence-electron chi connectivity index (χ4n) is 5.58. The van der Waals surface area contributed by atoms with Gasteiger partial charge in [0.25, 0.3) is 5.91 Å². The van der Waals surface area contributed by atoms with Crippen LogP contribution in [0.4, 0.5) is 18.9 Å². The molecule has 1 aromatic carbocycles. The van der Waals surface area contributed by atoms with Gasteiger partial charge in [0.2, 0.25) is 0 Å². The standard InChI is InChI=1S/C28H26F3N3O2/c1-17-21-9-5-6-10-22(21)25-16-20(33-27(36)28(29,30)31)13-14-34(25)24-12-11-18(15-23(17)24)26(35)32-19-7-3-2-4-8-19/h2-17,21-25H,1H3,(H,32,35)(H,33,36). The van der Waals surface area contributed by atoms with Crippen LogP contribution in [0.2, 0.25) is 0 Å². The number of hydrogen-bond donors (Lipinski definition) is 2. The Morgan fingerprint density at radius 3 is 2.31 bits per heavy atom. The van der Waals surface area contributed by atoms with Crippen LogP contribution in [0.25, 0.3) is 0 Å². The summed E-state index contributed by atoms with van der Waals surface area (Å²) in [7, 11) is 0. The summed E-state index contributed by atoms with van der Waals surface area (Å²) in [5, 5.41) is 4.93. The van der Waals surface area contributed by atoms with Gasteiger partial charge in [0.05, 0.1) is 12.1 Å². The number of nitrogens with one attached hydrogen (secondary N) is 2. The highest BCUT2D eigenvalue weighted by Gasteiger charge is 2.46. The van der Waals surface area contributed by atoms with Crippen molar-refractivity contribution >= 4 is 17.5 Å². The zero-order valence-corrected chi connectivity index (χ0v) is 19.5. The van der Waals surface area contributed by atoms with Crippen LogP contribution in [0.15, 0.2) is 102 Å². The minimum atomic E-state index is -4.96. The molecule has 8 heteroatoms. The van der Waals surface area contributed by atoms with Crippen molar-refractivity contribution in [2.24, 2.45) is 23.7 Å². The van der Waals surface area contributed by atoms with E-state index in [9.17, 15) is 22.8 Å². The predicted octanol–water partition coefficient (Wildman–Crippen LogP) is 4.87. The third kappa shape index (κ3) is 4.55. The lowest BCUT2D eigenvalue weighted by Gasteiger charge is -2.41. The SMILES string of the molecule is CC1C2C=CC=CC2C2C=C(NC(=O)C(F)(F)F)C=CN2C2C=CC(C(=O)Nc3ccccc3)=CC12. The molecule has 4 aliphatic rings. The summed E-state index contributed by atoms with van der Waals surface area (Å²) >= 11 is 0. The first-order valence-corrected chi connectivity index (χ1v) is 11.9. The molecule has 186 valence electrons. The number of allylic oxidation sites excluding steroid dienone is 4. The summed E-state index contributed by atoms with van der Waals surface area (Å²) in [6, 6.07) is 8.89. The van der Waals surface area contributed by atoms with Crippen LogP contribution in [-0.2, 0) is 9.59 Å². The maximum Gasteiger partial charge on any atom is 0.471 e. The van der Waals surface area contributed by atoms with Crippen molar-refractivity contribution in [3.8, 4) is 0 Å². The van der Waals surface area contributed by atoms with Crippen LogP contribution in [0.1, 0.15) is 6.92 Å². The normalized spacial score (nSPS) is 30.3. The number of rotatable bonds is 3. The van der Waals surface area contributed by atoms with Crippen molar-refractivity contribution in [2.45, 2.75) is 25.2 Å². The molecule has 0 radical (unpaired) electrons. The number of para-hydroxylation sites is 1. The molecule has 2 N–H and O–H groups in total. The van der Waals surface area contributed by atoms with Gasteiger partial charge in [0.15, 0.2) is 0 Å². The summed E-state index contributed by atoms with van der Waals surface area (Å²) < 4.78 is 38.5. The molecule has 2 aliphatic heterocycles. The van der Waals surface area contributed by atoms with E-state index in [0.717, 1.165) is 0 Å². The van der Waals surface area contributed by atoms with Crippen molar-refractivity contribution in [3.63, 3.8) is 0 Å². The van der Waals surface area contributed by atoms with Gasteiger partial charge in [0.1, 0.15) is 0 Å². The molecule has 5 rings (SSSR count). The number of benzene rings is 1. The summed E-state index contributed by atoms with van der Waals surface area (Å²) in [4.78, 5) is 26.7. The summed E-state index contributed by atoms with van der Waals surface area (Å²) in [6.45, 7) is 2.15. The Morgan fingerprint density at radius 2 is 1.58 bits per heavy atom. The van der Waals surface area contributed by atoms with Gasteiger partial charge in [0, 0.05) is 35.0 Å². The Morgan fingerprint density at radius 1 is 0.861 bits per heavy atom. The molecule has 0 saturated carbocycles. The van der Waals surface area contributed by atoms with E-state index in [0.29, 0.717) is 11.3 Å². The third-order valence-electron chi connectivity index (χ3n) is 7.34. The zero-order chi connectivity index (χ0) is 25.4. The van der Waals surface area contributed by atoms with Crippen LogP contribution in [0.5, 0.6) is 0 Å². The average Bonchev–Trinajstić information content (AvgIpc) is 2.97. The van der Waals surface area contributed by atoms with E-state index in [1.54, 1.807) is 12.3 Å². The van der Waals surface area contributed by atoms with Crippen molar-refractivity contribution < 1.29 is 22.8 Å². The van der Waals surface area contributed by atoms with Crippen LogP contribution in [0, 0.1) is 23.7 Å². The lowest BCUT2D eigenvalue weighted by Crippen LogP contribution is -2.46. The number of halogens is 3. The molecule has 1 fully saturated rings. The van der Waals surface area contributed by atoms with Gasteiger partial charge in [-0.3, -0.25) is 9.59 Å². The first-order chi connectivity index (χ1) is 17.2. The lowest BCUT2D eigenvalue weighted by atomic mass is 9.71. The lowest BCUT2D eigenvalue weighted by molar-refractivity contribution is -0.172. The van der Waals surface area contributed by atoms with E-state index >= 15 is 0 Å². The van der Waals surface area contributed by atoms with E-state index in [1.807, 2.05) is 66.0 Å². The molecule has 0 spiro atoms. The van der Waals surface area contributed by atoms with Gasteiger partial charge in [-0.15, -0.1) is 0 Å². The number of anilines is 1. The largest absolute Gasteiger partial charge is 0.471 e. The molecule has 2 amide bonds. The highest BCUT2D eigenvalue weighted by molar-refractivity contribution is 6.06. The highest BCUT2D eigenvalue weighted by atomic mass is 19.4. The number of fused-ring (bicyclic) bond motifs is 5. The molecule has 6 atom stereocenters. The van der Waals surface area contributed by atoms with E-state index in [4.69, 9.17) is 0 Å². The minimum absolute atomic E-state index is 0.00969. The first-order valence-electron chi connectivity index (χ1n) is 11.9. The van der Waals surface area contributed by atoms with Crippen LogP contribution in [-0.4, -0.2) is 35.0 Å². The van der Waals surface area contributed by atoms with E-state index in [-0.39, 0.29) is 47.4 Å². The number of hydrogen-bond acceptors (Lipinski definition) is 3. The smallest absolute Gasteiger partial charge is 0.363 e. The van der Waals surface area contributed by atoms with E-state index in [2.05, 4.69) is 29.3 Å². The molecule has 0 bridgehead atoms. The van der Waals surface area contributed by atoms with Crippen molar-refractivity contribution in [3.05, 3.63) is 102 Å². The second kappa shape index (κ2) is 9.33. The third-order valence-corrected chi connectivity index (χ3v) is 7.34. The maximum absolute atomic E-state index is 13.0. The Labute approximate surface area is 207 Å². The number of carbonyl (C=O) groups excluding carboxylic acids is 2. The van der Waals surface area contributed by atoms with Gasteiger partial charge in [-0.1, -0.05) is 67.7 Å². The van der Waals surface area contributed by atoms with Crippen molar-refractivity contribution in [2.75, 3.05) is 5.32 Å². The first kappa shape index (κ1) is 23.9. The highest BCUT2D eigenvalue weighted by Crippen LogP contribution is 2.45. The fourth-order valence-corrected chi connectivity index (χ4v) is 5.58. The van der Waals surface area contributed by atoms with Gasteiger partial charge in [-0.2, -0.15) is 13.2 Å². The minimum Gasteiger partial charge on any atom is -0.363 e. The van der Waals surface area contributed by atoms with Gasteiger partial charge >= 0.3 is 12.1 Å². The molecular weight excluding hydrogens is 467 g/mol. The molecule has 0 aromatic heterocycles. The zero-order valence-electron chi connectivity index (χ0n) is 19.5. The van der Waals surface area contributed by atoms with Crippen molar-refractivity contribution in [1.82, 2.24) is 10.2 Å². The quantitative estimate of drug-likeness (QED) is 0.632. The Hall–Kier alpha value is -3.81. The Bertz CT molecular complexity index is 1230. The van der Waals surface area contributed by atoms with Gasteiger partial charge < -0.3 is 15.5 Å². The van der Waals surface area contributed by atoms with Crippen molar-refractivity contribution in [1.29, 1.82) is 0 Å². The number of alkyl halides is 3. The number of nitrogens with zero attached hydrogens (tertiary/aromatic N) is 1. The molecule has 5 nitrogen and oxygen atoms in total. The average molecular weight is 494 g/mol. The molecule has 1 saturated heterocycles. The number of amides is 2. The molecular formula is C28H26F3N3O2. The van der Waals surface area contributed by atoms with Gasteiger partial charge in [-0.25, -0.2) is 0 Å². The predicted molar refractivity (Wildman–Crippen MR) is 131 cm³/mol. The molecule has 2 heterocycles. The topological polar surface area (TPSA) is 61.4 Å². The molecule has 2 aliphatic carbocycles. The van der Waals surface area contributed by atoms with Gasteiger partial charge in [-0.05, 0) is 36.1 Å². The number of carbonyl (C=O) groups is 2. The summed E-state index contributed by atoms with van der Waals surface area (Å²) in [6.07, 6.45) is 14.0. The molecule has 1 aromatic rings.